The summed E-state index contributed by atoms with van der Waals surface area (Å²) in [7, 11) is -1.21. The van der Waals surface area contributed by atoms with Crippen LogP contribution in [0.25, 0.3) is 0 Å². The van der Waals surface area contributed by atoms with Gasteiger partial charge < -0.3 is 4.90 Å². The molecule has 2 rings (SSSR count). The van der Waals surface area contributed by atoms with Gasteiger partial charge in [-0.2, -0.15) is 0 Å². The minimum atomic E-state index is -3.30. The summed E-state index contributed by atoms with van der Waals surface area (Å²) in [4.78, 5) is 2.52. The zero-order valence-corrected chi connectivity index (χ0v) is 14.1. The Labute approximate surface area is 133 Å². The number of hydrogen-bond acceptors (Lipinski definition) is 3. The van der Waals surface area contributed by atoms with E-state index in [0.29, 0.717) is 12.5 Å². The first-order valence-corrected chi connectivity index (χ1v) is 9.83. The highest BCUT2D eigenvalue weighted by molar-refractivity contribution is 7.91. The predicted molar refractivity (Wildman–Crippen MR) is 87.2 cm³/mol. The maximum absolute atomic E-state index is 12.9. The van der Waals surface area contributed by atoms with E-state index in [2.05, 4.69) is 11.9 Å². The molecule has 1 aliphatic carbocycles. The van der Waals surface area contributed by atoms with Crippen LogP contribution in [0.3, 0.4) is 0 Å². The average Bonchev–Trinajstić information content (AvgIpc) is 2.76. The Morgan fingerprint density at radius 3 is 2.27 bits per heavy atom. The Morgan fingerprint density at radius 2 is 1.68 bits per heavy atom. The van der Waals surface area contributed by atoms with Gasteiger partial charge in [0.2, 0.25) is 0 Å². The van der Waals surface area contributed by atoms with Gasteiger partial charge in [-0.05, 0) is 57.1 Å². The van der Waals surface area contributed by atoms with E-state index in [4.69, 9.17) is 0 Å². The second-order valence-electron chi connectivity index (χ2n) is 6.25. The highest BCUT2D eigenvalue weighted by Crippen LogP contribution is 2.21. The van der Waals surface area contributed by atoms with E-state index in [1.165, 1.54) is 62.8 Å². The van der Waals surface area contributed by atoms with E-state index < -0.39 is 15.7 Å². The number of hydrogen-bond donors (Lipinski definition) is 0. The van der Waals surface area contributed by atoms with E-state index in [1.807, 2.05) is 0 Å². The Hall–Kier alpha value is -0.940. The van der Waals surface area contributed by atoms with Crippen LogP contribution in [-0.4, -0.2) is 38.7 Å². The lowest BCUT2D eigenvalue weighted by molar-refractivity contribution is 0.222. The van der Waals surface area contributed by atoms with Crippen LogP contribution in [0, 0.1) is 5.82 Å². The van der Waals surface area contributed by atoms with Crippen LogP contribution >= 0.6 is 0 Å². The van der Waals surface area contributed by atoms with Gasteiger partial charge in [-0.25, -0.2) is 12.8 Å². The molecule has 5 heteroatoms. The lowest BCUT2D eigenvalue weighted by Gasteiger charge is -2.26. The zero-order chi connectivity index (χ0) is 16.0. The zero-order valence-electron chi connectivity index (χ0n) is 13.3. The molecule has 0 spiro atoms. The molecule has 0 unspecified atom stereocenters. The molecule has 0 radical (unpaired) electrons. The van der Waals surface area contributed by atoms with Gasteiger partial charge in [0.05, 0.1) is 10.6 Å². The Morgan fingerprint density at radius 1 is 1.09 bits per heavy atom. The molecule has 0 N–H and O–H groups in total. The fourth-order valence-corrected chi connectivity index (χ4v) is 4.44. The Bertz CT molecular complexity index is 549. The number of halogens is 1. The topological polar surface area (TPSA) is 37.4 Å². The first kappa shape index (κ1) is 17.4. The smallest absolute Gasteiger partial charge is 0.178 e. The lowest BCUT2D eigenvalue weighted by atomic mass is 10.1. The molecule has 0 atom stereocenters. The summed E-state index contributed by atoms with van der Waals surface area (Å²) >= 11 is 0. The largest absolute Gasteiger partial charge is 0.303 e. The molecule has 124 valence electrons. The van der Waals surface area contributed by atoms with Gasteiger partial charge in [-0.3, -0.25) is 0 Å². The van der Waals surface area contributed by atoms with Crippen LogP contribution in [-0.2, 0) is 9.84 Å². The Kier molecular flexibility index (Phi) is 6.38. The van der Waals surface area contributed by atoms with Crippen molar-refractivity contribution in [2.24, 2.45) is 0 Å². The summed E-state index contributed by atoms with van der Waals surface area (Å²) in [6, 6.07) is 5.69. The van der Waals surface area contributed by atoms with Crippen LogP contribution in [0.5, 0.6) is 0 Å². The van der Waals surface area contributed by atoms with Crippen molar-refractivity contribution in [3.8, 4) is 0 Å². The fourth-order valence-electron chi connectivity index (χ4n) is 3.14. The van der Waals surface area contributed by atoms with Gasteiger partial charge >= 0.3 is 0 Å². The summed E-state index contributed by atoms with van der Waals surface area (Å²) < 4.78 is 37.3. The summed E-state index contributed by atoms with van der Waals surface area (Å²) in [5.74, 6) is -0.289. The van der Waals surface area contributed by atoms with Crippen molar-refractivity contribution in [2.75, 3.05) is 19.3 Å². The summed E-state index contributed by atoms with van der Waals surface area (Å²) in [5, 5.41) is 0. The van der Waals surface area contributed by atoms with Gasteiger partial charge in [-0.1, -0.05) is 25.7 Å². The minimum Gasteiger partial charge on any atom is -0.303 e. The van der Waals surface area contributed by atoms with Gasteiger partial charge in [0.1, 0.15) is 5.82 Å². The maximum Gasteiger partial charge on any atom is 0.178 e. The van der Waals surface area contributed by atoms with E-state index in [-0.39, 0.29) is 10.6 Å². The second kappa shape index (κ2) is 8.06. The lowest BCUT2D eigenvalue weighted by Crippen LogP contribution is -2.32. The molecule has 0 amide bonds. The molecule has 0 saturated heterocycles. The van der Waals surface area contributed by atoms with Crippen molar-refractivity contribution in [2.45, 2.75) is 55.9 Å². The monoisotopic (exact) mass is 327 g/mol. The second-order valence-corrected chi connectivity index (χ2v) is 8.36. The third-order valence-corrected chi connectivity index (χ3v) is 6.36. The fraction of sp³-hybridized carbons (Fsp3) is 0.647. The first-order chi connectivity index (χ1) is 10.5. The SMILES string of the molecule is CN(CCCS(=O)(=O)c1ccc(F)cc1)C1CCCCCC1. The molecular weight excluding hydrogens is 301 g/mol. The predicted octanol–water partition coefficient (Wildman–Crippen LogP) is 3.64. The van der Waals surface area contributed by atoms with Crippen molar-refractivity contribution in [3.63, 3.8) is 0 Å². The van der Waals surface area contributed by atoms with E-state index >= 15 is 0 Å². The molecule has 3 nitrogen and oxygen atoms in total. The van der Waals surface area contributed by atoms with Crippen LogP contribution in [0.15, 0.2) is 29.2 Å². The van der Waals surface area contributed by atoms with Gasteiger partial charge in [0, 0.05) is 6.04 Å². The van der Waals surface area contributed by atoms with Gasteiger partial charge in [0.15, 0.2) is 9.84 Å². The molecule has 22 heavy (non-hydrogen) atoms. The maximum atomic E-state index is 12.9. The van der Waals surface area contributed by atoms with Crippen LogP contribution < -0.4 is 0 Å². The molecule has 1 saturated carbocycles. The highest BCUT2D eigenvalue weighted by atomic mass is 32.2. The van der Waals surface area contributed by atoms with Crippen molar-refractivity contribution < 1.29 is 12.8 Å². The van der Waals surface area contributed by atoms with Gasteiger partial charge in [-0.15, -0.1) is 0 Å². The highest BCUT2D eigenvalue weighted by Gasteiger charge is 2.18. The molecule has 1 fully saturated rings. The average molecular weight is 327 g/mol. The molecule has 1 aliphatic rings. The number of benzene rings is 1. The Balaban J connectivity index is 1.82. The first-order valence-electron chi connectivity index (χ1n) is 8.17. The standard InChI is InChI=1S/C17H26FNO2S/c1-19(16-7-4-2-3-5-8-16)13-6-14-22(20,21)17-11-9-15(18)10-12-17/h9-12,16H,2-8,13-14H2,1H3. The van der Waals surface area contributed by atoms with E-state index in [0.717, 1.165) is 6.54 Å². The number of sulfone groups is 1. The molecule has 0 aliphatic heterocycles. The van der Waals surface area contributed by atoms with Crippen LogP contribution in [0.2, 0.25) is 0 Å². The summed E-state index contributed by atoms with van der Waals surface area (Å²) in [6.45, 7) is 0.797. The summed E-state index contributed by atoms with van der Waals surface area (Å²) in [5.41, 5.74) is 0. The van der Waals surface area contributed by atoms with Crippen molar-refractivity contribution in [1.82, 2.24) is 4.90 Å². The molecule has 1 aromatic carbocycles. The van der Waals surface area contributed by atoms with E-state index in [1.54, 1.807) is 0 Å². The third kappa shape index (κ3) is 5.06. The molecule has 1 aromatic rings. The molecule has 0 bridgehead atoms. The van der Waals surface area contributed by atoms with Crippen molar-refractivity contribution in [3.05, 3.63) is 30.1 Å². The number of rotatable bonds is 6. The molecule has 0 aromatic heterocycles. The van der Waals surface area contributed by atoms with Crippen LogP contribution in [0.4, 0.5) is 4.39 Å². The number of nitrogens with zero attached hydrogens (tertiary/aromatic N) is 1. The normalized spacial score (nSPS) is 17.6. The summed E-state index contributed by atoms with van der Waals surface area (Å²) in [6.07, 6.45) is 8.27. The molecular formula is C17H26FNO2S. The third-order valence-electron chi connectivity index (χ3n) is 4.54. The van der Waals surface area contributed by atoms with E-state index in [9.17, 15) is 12.8 Å². The van der Waals surface area contributed by atoms with Crippen molar-refractivity contribution in [1.29, 1.82) is 0 Å². The van der Waals surface area contributed by atoms with Crippen LogP contribution in [0.1, 0.15) is 44.9 Å². The quantitative estimate of drug-likeness (QED) is 0.591. The molecule has 0 heterocycles. The van der Waals surface area contributed by atoms with Gasteiger partial charge in [0.25, 0.3) is 0 Å². The minimum absolute atomic E-state index is 0.121. The van der Waals surface area contributed by atoms with Crippen molar-refractivity contribution >= 4 is 9.84 Å².